The third kappa shape index (κ3) is 4.61. The van der Waals surface area contributed by atoms with Crippen molar-refractivity contribution in [2.24, 2.45) is 22.7 Å². The first-order chi connectivity index (χ1) is 5.24. The summed E-state index contributed by atoms with van der Waals surface area (Å²) in [5, 5.41) is 3.51. The molecule has 5 N–H and O–H groups in total. The van der Waals surface area contributed by atoms with Crippen molar-refractivity contribution in [3.63, 3.8) is 0 Å². The van der Waals surface area contributed by atoms with Gasteiger partial charge in [0.1, 0.15) is 5.84 Å². The number of nitrogens with two attached hydrogens (primary N) is 2. The molecule has 0 saturated heterocycles. The molecular formula is C7H18N4. The molecule has 0 radical (unpaired) electrons. The molecule has 11 heavy (non-hydrogen) atoms. The van der Waals surface area contributed by atoms with E-state index >= 15 is 0 Å². The van der Waals surface area contributed by atoms with Crippen LogP contribution >= 0.6 is 0 Å². The Morgan fingerprint density at radius 3 is 2.64 bits per heavy atom. The van der Waals surface area contributed by atoms with E-state index in [1.54, 1.807) is 0 Å². The molecule has 4 nitrogen and oxygen atoms in total. The van der Waals surface area contributed by atoms with Crippen molar-refractivity contribution in [1.29, 1.82) is 0 Å². The van der Waals surface area contributed by atoms with Gasteiger partial charge in [-0.3, -0.25) is 0 Å². The van der Waals surface area contributed by atoms with Crippen molar-refractivity contribution in [3.05, 3.63) is 0 Å². The summed E-state index contributed by atoms with van der Waals surface area (Å²) in [5.41, 5.74) is 2.47. The third-order valence-electron chi connectivity index (χ3n) is 1.65. The molecule has 0 aromatic rings. The second-order valence-electron chi connectivity index (χ2n) is 2.82. The molecule has 0 aliphatic heterocycles. The fraction of sp³-hybridized carbons (Fsp3) is 0.857. The van der Waals surface area contributed by atoms with Gasteiger partial charge < -0.3 is 11.3 Å². The number of hydrazine groups is 1. The van der Waals surface area contributed by atoms with Gasteiger partial charge in [0.2, 0.25) is 0 Å². The van der Waals surface area contributed by atoms with Crippen LogP contribution in [0.5, 0.6) is 0 Å². The summed E-state index contributed by atoms with van der Waals surface area (Å²) < 4.78 is 0. The predicted molar refractivity (Wildman–Crippen MR) is 47.6 cm³/mol. The number of nitrogens with one attached hydrogen (secondary N) is 1. The predicted octanol–water partition coefficient (Wildman–Crippen LogP) is 0.548. The highest BCUT2D eigenvalue weighted by Crippen LogP contribution is 2.09. The Balaban J connectivity index is 3.63. The monoisotopic (exact) mass is 158 g/mol. The lowest BCUT2D eigenvalue weighted by Crippen LogP contribution is -2.32. The number of hydrogen-bond donors (Lipinski definition) is 3. The maximum atomic E-state index is 5.17. The van der Waals surface area contributed by atoms with E-state index in [1.165, 1.54) is 12.8 Å². The van der Waals surface area contributed by atoms with E-state index in [1.807, 2.05) is 0 Å². The summed E-state index contributed by atoms with van der Waals surface area (Å²) in [4.78, 5) is 0. The van der Waals surface area contributed by atoms with Gasteiger partial charge in [-0.25, -0.2) is 5.84 Å². The molecule has 0 bridgehead atoms. The smallest absolute Gasteiger partial charge is 0.136 e. The van der Waals surface area contributed by atoms with E-state index in [4.69, 9.17) is 11.7 Å². The molecule has 4 heteroatoms. The van der Waals surface area contributed by atoms with Crippen molar-refractivity contribution in [1.82, 2.24) is 5.43 Å². The lowest BCUT2D eigenvalue weighted by molar-refractivity contribution is 0.538. The van der Waals surface area contributed by atoms with Crippen molar-refractivity contribution in [2.75, 3.05) is 0 Å². The van der Waals surface area contributed by atoms with Crippen molar-refractivity contribution < 1.29 is 0 Å². The van der Waals surface area contributed by atoms with Crippen LogP contribution in [-0.2, 0) is 0 Å². The minimum absolute atomic E-state index is 0.596. The largest absolute Gasteiger partial charge is 0.322 e. The highest BCUT2D eigenvalue weighted by molar-refractivity contribution is 5.81. The molecular weight excluding hydrogens is 140 g/mol. The van der Waals surface area contributed by atoms with E-state index in [0.717, 1.165) is 6.42 Å². The van der Waals surface area contributed by atoms with E-state index in [0.29, 0.717) is 11.8 Å². The van der Waals surface area contributed by atoms with Crippen molar-refractivity contribution in [3.8, 4) is 0 Å². The molecule has 1 unspecified atom stereocenters. The zero-order valence-corrected chi connectivity index (χ0v) is 7.30. The Bertz CT molecular complexity index is 122. The molecule has 0 aliphatic carbocycles. The lowest BCUT2D eigenvalue weighted by atomic mass is 10.0. The topological polar surface area (TPSA) is 76.4 Å². The molecule has 0 fully saturated rings. The van der Waals surface area contributed by atoms with Gasteiger partial charge in [0, 0.05) is 6.42 Å². The Hall–Kier alpha value is -0.770. The highest BCUT2D eigenvalue weighted by Gasteiger charge is 2.04. The molecule has 0 amide bonds. The van der Waals surface area contributed by atoms with Crippen LogP contribution in [0.1, 0.15) is 33.1 Å². The molecule has 0 aromatic heterocycles. The van der Waals surface area contributed by atoms with Gasteiger partial charge in [-0.05, 0) is 5.92 Å². The number of nitrogens with zero attached hydrogens (tertiary/aromatic N) is 1. The summed E-state index contributed by atoms with van der Waals surface area (Å²) in [6, 6.07) is 0. The number of amidine groups is 1. The highest BCUT2D eigenvalue weighted by atomic mass is 15.3. The summed E-state index contributed by atoms with van der Waals surface area (Å²) in [5.74, 6) is 11.5. The fourth-order valence-corrected chi connectivity index (χ4v) is 1.07. The van der Waals surface area contributed by atoms with Crippen LogP contribution in [0.4, 0.5) is 0 Å². The first kappa shape index (κ1) is 10.2. The van der Waals surface area contributed by atoms with E-state index < -0.39 is 0 Å². The fourth-order valence-electron chi connectivity index (χ4n) is 1.07. The molecule has 0 saturated carbocycles. The maximum Gasteiger partial charge on any atom is 0.136 e. The van der Waals surface area contributed by atoms with Gasteiger partial charge in [-0.2, -0.15) is 5.10 Å². The van der Waals surface area contributed by atoms with Gasteiger partial charge in [0.15, 0.2) is 0 Å². The van der Waals surface area contributed by atoms with Crippen LogP contribution in [0.2, 0.25) is 0 Å². The number of hydrogen-bond acceptors (Lipinski definition) is 3. The lowest BCUT2D eigenvalue weighted by Gasteiger charge is -2.10. The first-order valence-corrected chi connectivity index (χ1v) is 3.97. The van der Waals surface area contributed by atoms with Crippen LogP contribution in [0.25, 0.3) is 0 Å². The van der Waals surface area contributed by atoms with Crippen LogP contribution in [0.3, 0.4) is 0 Å². The van der Waals surface area contributed by atoms with Gasteiger partial charge in [-0.1, -0.05) is 26.7 Å². The molecule has 0 aliphatic rings. The van der Waals surface area contributed by atoms with E-state index in [9.17, 15) is 0 Å². The summed E-state index contributed by atoms with van der Waals surface area (Å²) >= 11 is 0. The average molecular weight is 158 g/mol. The van der Waals surface area contributed by atoms with Gasteiger partial charge >= 0.3 is 0 Å². The zero-order valence-electron chi connectivity index (χ0n) is 7.30. The molecule has 0 rings (SSSR count). The Kier molecular flexibility index (Phi) is 5.56. The van der Waals surface area contributed by atoms with Crippen LogP contribution in [0.15, 0.2) is 5.10 Å². The molecule has 1 atom stereocenters. The normalized spacial score (nSPS) is 14.6. The standard InChI is InChI=1S/C7H18N4/c1-3-4-6(2)5-7(10-8)11-9/h6H,3-5,8-9H2,1-2H3,(H,10,11). The summed E-state index contributed by atoms with van der Waals surface area (Å²) in [6.07, 6.45) is 3.20. The molecule has 0 heterocycles. The van der Waals surface area contributed by atoms with Gasteiger partial charge in [-0.15, -0.1) is 0 Å². The third-order valence-corrected chi connectivity index (χ3v) is 1.65. The second kappa shape index (κ2) is 5.97. The quantitative estimate of drug-likeness (QED) is 0.242. The second-order valence-corrected chi connectivity index (χ2v) is 2.82. The van der Waals surface area contributed by atoms with Crippen LogP contribution in [0, 0.1) is 5.92 Å². The van der Waals surface area contributed by atoms with Crippen LogP contribution < -0.4 is 17.1 Å². The minimum atomic E-state index is 0.596. The molecule has 0 spiro atoms. The number of hydrazone groups is 1. The molecule has 66 valence electrons. The van der Waals surface area contributed by atoms with E-state index in [2.05, 4.69) is 24.4 Å². The van der Waals surface area contributed by atoms with Crippen molar-refractivity contribution >= 4 is 5.84 Å². The molecule has 0 aromatic carbocycles. The van der Waals surface area contributed by atoms with Crippen LogP contribution in [-0.4, -0.2) is 5.84 Å². The average Bonchev–Trinajstić information content (AvgIpc) is 2.01. The SMILES string of the molecule is CCCC(C)C/C(=N/N)NN. The zero-order chi connectivity index (χ0) is 8.69. The first-order valence-electron chi connectivity index (χ1n) is 3.97. The maximum absolute atomic E-state index is 5.17. The van der Waals surface area contributed by atoms with Crippen molar-refractivity contribution in [2.45, 2.75) is 33.1 Å². The summed E-state index contributed by atoms with van der Waals surface area (Å²) in [7, 11) is 0. The van der Waals surface area contributed by atoms with Gasteiger partial charge in [0.05, 0.1) is 0 Å². The van der Waals surface area contributed by atoms with Gasteiger partial charge in [0.25, 0.3) is 0 Å². The Labute approximate surface area is 68.0 Å². The van der Waals surface area contributed by atoms with E-state index in [-0.39, 0.29) is 0 Å². The Morgan fingerprint density at radius 1 is 1.64 bits per heavy atom. The summed E-state index contributed by atoms with van der Waals surface area (Å²) in [6.45, 7) is 4.32. The number of rotatable bonds is 4. The Morgan fingerprint density at radius 2 is 2.27 bits per heavy atom. The minimum Gasteiger partial charge on any atom is -0.322 e.